The van der Waals surface area contributed by atoms with Crippen LogP contribution in [0.3, 0.4) is 0 Å². The van der Waals surface area contributed by atoms with Crippen LogP contribution in [0, 0.1) is 11.8 Å². The number of rotatable bonds is 14. The van der Waals surface area contributed by atoms with Gasteiger partial charge in [0.05, 0.1) is 17.4 Å². The molecule has 42 heavy (non-hydrogen) atoms. The van der Waals surface area contributed by atoms with Gasteiger partial charge in [0.25, 0.3) is 0 Å². The Hall–Kier alpha value is -2.97. The fourth-order valence-corrected chi connectivity index (χ4v) is 7.54. The van der Waals surface area contributed by atoms with Crippen molar-refractivity contribution in [1.82, 2.24) is 14.7 Å². The van der Waals surface area contributed by atoms with E-state index in [0.717, 1.165) is 12.0 Å². The summed E-state index contributed by atoms with van der Waals surface area (Å²) in [5, 5.41) is 9.32. The molecule has 1 N–H and O–H groups in total. The number of hydrogen-bond acceptors (Lipinski definition) is 5. The molecular formula is C34H49N3O5. The molecule has 3 heterocycles. The first-order valence-corrected chi connectivity index (χ1v) is 15.5. The molecule has 3 fully saturated rings. The van der Waals surface area contributed by atoms with Crippen LogP contribution in [0.25, 0.3) is 0 Å². The summed E-state index contributed by atoms with van der Waals surface area (Å²) in [4.78, 5) is 48.9. The average Bonchev–Trinajstić information content (AvgIpc) is 3.56. The topological polar surface area (TPSA) is 90.4 Å². The van der Waals surface area contributed by atoms with Gasteiger partial charge in [-0.1, -0.05) is 49.4 Å². The van der Waals surface area contributed by atoms with E-state index in [1.54, 1.807) is 26.9 Å². The molecule has 0 radical (unpaired) electrons. The Balaban J connectivity index is 1.77. The lowest BCUT2D eigenvalue weighted by molar-refractivity contribution is -0.157. The molecule has 0 aliphatic carbocycles. The average molecular weight is 580 g/mol. The molecule has 1 spiro atoms. The van der Waals surface area contributed by atoms with Crippen molar-refractivity contribution in [3.8, 4) is 0 Å². The fraction of sp³-hybridized carbons (Fsp3) is 0.618. The van der Waals surface area contributed by atoms with Crippen molar-refractivity contribution in [3.05, 3.63) is 61.2 Å². The highest BCUT2D eigenvalue weighted by molar-refractivity contribution is 5.99. The fourth-order valence-electron chi connectivity index (χ4n) is 7.54. The highest BCUT2D eigenvalue weighted by Crippen LogP contribution is 2.64. The molecule has 1 aromatic carbocycles. The molecule has 1 aromatic rings. The number of likely N-dealkylation sites (tertiary alicyclic amines) is 1. The van der Waals surface area contributed by atoms with Gasteiger partial charge < -0.3 is 24.5 Å². The summed E-state index contributed by atoms with van der Waals surface area (Å²) in [5.41, 5.74) is -1.38. The van der Waals surface area contributed by atoms with E-state index in [1.165, 1.54) is 0 Å². The molecule has 2 unspecified atom stereocenters. The third kappa shape index (κ3) is 5.55. The maximum Gasteiger partial charge on any atom is 0.249 e. The minimum Gasteiger partial charge on any atom is -0.396 e. The minimum absolute atomic E-state index is 0.0826. The maximum absolute atomic E-state index is 14.6. The van der Waals surface area contributed by atoms with E-state index >= 15 is 0 Å². The van der Waals surface area contributed by atoms with E-state index < -0.39 is 34.6 Å². The molecule has 4 rings (SSSR count). The molecule has 3 aliphatic heterocycles. The van der Waals surface area contributed by atoms with Gasteiger partial charge in [-0.2, -0.15) is 0 Å². The van der Waals surface area contributed by atoms with Crippen molar-refractivity contribution in [1.29, 1.82) is 0 Å². The van der Waals surface area contributed by atoms with Crippen LogP contribution in [0.15, 0.2) is 55.6 Å². The van der Waals surface area contributed by atoms with E-state index in [1.807, 2.05) is 58.0 Å². The summed E-state index contributed by atoms with van der Waals surface area (Å²) in [6.07, 6.45) is 7.21. The van der Waals surface area contributed by atoms with Crippen molar-refractivity contribution in [2.45, 2.75) is 95.5 Å². The molecule has 8 nitrogen and oxygen atoms in total. The van der Waals surface area contributed by atoms with E-state index in [0.29, 0.717) is 58.3 Å². The zero-order valence-corrected chi connectivity index (χ0v) is 25.9. The number of aliphatic hydroxyl groups excluding tert-OH is 1. The Labute approximate surface area is 251 Å². The summed E-state index contributed by atoms with van der Waals surface area (Å²) >= 11 is 0. The van der Waals surface area contributed by atoms with Gasteiger partial charge in [0.15, 0.2) is 0 Å². The highest BCUT2D eigenvalue weighted by atomic mass is 16.5. The predicted octanol–water partition coefficient (Wildman–Crippen LogP) is 4.33. The largest absolute Gasteiger partial charge is 0.396 e. The van der Waals surface area contributed by atoms with Crippen LogP contribution >= 0.6 is 0 Å². The second-order valence-corrected chi connectivity index (χ2v) is 13.1. The third-order valence-electron chi connectivity index (χ3n) is 9.50. The number of unbranched alkanes of at least 4 members (excludes halogenated alkanes) is 2. The van der Waals surface area contributed by atoms with Crippen molar-refractivity contribution in [3.63, 3.8) is 0 Å². The Morgan fingerprint density at radius 1 is 1.07 bits per heavy atom. The van der Waals surface area contributed by atoms with E-state index in [9.17, 15) is 19.5 Å². The van der Waals surface area contributed by atoms with Crippen molar-refractivity contribution in [2.24, 2.45) is 11.8 Å². The Kier molecular flexibility index (Phi) is 9.68. The van der Waals surface area contributed by atoms with Gasteiger partial charge in [0, 0.05) is 38.3 Å². The molecule has 2 bridgehead atoms. The van der Waals surface area contributed by atoms with E-state index in [-0.39, 0.29) is 24.3 Å². The van der Waals surface area contributed by atoms with Crippen LogP contribution in [0.4, 0.5) is 0 Å². The van der Waals surface area contributed by atoms with Crippen LogP contribution in [0.5, 0.6) is 0 Å². The number of nitrogens with zero attached hydrogens (tertiary/aromatic N) is 3. The first kappa shape index (κ1) is 32.0. The normalized spacial score (nSPS) is 28.1. The van der Waals surface area contributed by atoms with Gasteiger partial charge in [-0.15, -0.1) is 13.2 Å². The molecule has 0 saturated carbocycles. The summed E-state index contributed by atoms with van der Waals surface area (Å²) in [6.45, 7) is 17.3. The summed E-state index contributed by atoms with van der Waals surface area (Å²) in [6, 6.07) is 9.00. The van der Waals surface area contributed by atoms with Crippen molar-refractivity contribution in [2.75, 3.05) is 26.2 Å². The zero-order chi connectivity index (χ0) is 30.7. The number of ether oxygens (including phenoxy) is 1. The molecule has 0 aromatic heterocycles. The Morgan fingerprint density at radius 3 is 2.36 bits per heavy atom. The summed E-state index contributed by atoms with van der Waals surface area (Å²) in [5.74, 6) is -1.87. The predicted molar refractivity (Wildman–Crippen MR) is 163 cm³/mol. The first-order chi connectivity index (χ1) is 20.0. The van der Waals surface area contributed by atoms with Crippen molar-refractivity contribution < 1.29 is 24.2 Å². The number of aliphatic hydroxyl groups is 1. The summed E-state index contributed by atoms with van der Waals surface area (Å²) in [7, 11) is 0. The number of carbonyl (C=O) groups is 3. The molecule has 5 atom stereocenters. The second-order valence-electron chi connectivity index (χ2n) is 13.1. The first-order valence-electron chi connectivity index (χ1n) is 15.5. The van der Waals surface area contributed by atoms with Crippen LogP contribution in [-0.4, -0.2) is 86.6 Å². The molecular weight excluding hydrogens is 530 g/mol. The zero-order valence-electron chi connectivity index (χ0n) is 25.9. The molecule has 3 saturated heterocycles. The van der Waals surface area contributed by atoms with Gasteiger partial charge in [-0.25, -0.2) is 0 Å². The smallest absolute Gasteiger partial charge is 0.249 e. The van der Waals surface area contributed by atoms with Gasteiger partial charge in [-0.3, -0.25) is 14.4 Å². The van der Waals surface area contributed by atoms with Gasteiger partial charge in [-0.05, 0) is 64.9 Å². The third-order valence-corrected chi connectivity index (χ3v) is 9.50. The van der Waals surface area contributed by atoms with Gasteiger partial charge in [0.2, 0.25) is 17.7 Å². The quantitative estimate of drug-likeness (QED) is 0.262. The number of carbonyl (C=O) groups excluding carboxylic acids is 3. The van der Waals surface area contributed by atoms with Crippen molar-refractivity contribution >= 4 is 17.7 Å². The minimum atomic E-state index is -1.07. The molecule has 8 heteroatoms. The van der Waals surface area contributed by atoms with E-state index in [2.05, 4.69) is 13.2 Å². The van der Waals surface area contributed by atoms with E-state index in [4.69, 9.17) is 4.74 Å². The number of benzene rings is 1. The lowest BCUT2D eigenvalue weighted by atomic mass is 9.64. The van der Waals surface area contributed by atoms with Crippen LogP contribution in [0.2, 0.25) is 0 Å². The molecule has 3 amide bonds. The maximum atomic E-state index is 14.6. The lowest BCUT2D eigenvalue weighted by Crippen LogP contribution is -2.60. The SMILES string of the molecule is C=CCN(Cc1ccccc1)C(=O)[C@@H]1[C@H]2C(=O)N(CCCCCO)C(C(=O)N(CC=C)C(C)(C)C)C23CC[C@@]1(CC)O3. The Bertz CT molecular complexity index is 1160. The number of fused-ring (bicyclic) bond motifs is 1. The molecule has 3 aliphatic rings. The second kappa shape index (κ2) is 12.7. The summed E-state index contributed by atoms with van der Waals surface area (Å²) < 4.78 is 6.99. The number of hydrogen-bond donors (Lipinski definition) is 1. The van der Waals surface area contributed by atoms with Crippen LogP contribution in [-0.2, 0) is 25.7 Å². The van der Waals surface area contributed by atoms with Crippen LogP contribution in [0.1, 0.15) is 71.8 Å². The highest BCUT2D eigenvalue weighted by Gasteiger charge is 2.79. The van der Waals surface area contributed by atoms with Crippen LogP contribution < -0.4 is 0 Å². The standard InChI is InChI=1S/C34H49N3O5/c1-7-20-35(24-25-16-12-10-13-17-25)29(39)26-27-30(40)36(22-14-11-15-23-38)28(31(41)37(21-8-2)32(4,5)6)34(27)19-18-33(26,9-3)42-34/h7-8,10,12-13,16-17,26-28,38H,1-2,9,11,14-15,18-24H2,3-6H3/t26-,27-,28?,33+,34?/m0/s1. The monoisotopic (exact) mass is 579 g/mol. The van der Waals surface area contributed by atoms with Gasteiger partial charge in [0.1, 0.15) is 11.6 Å². The lowest BCUT2D eigenvalue weighted by Gasteiger charge is -2.42. The number of amides is 3. The van der Waals surface area contributed by atoms with Gasteiger partial charge >= 0.3 is 0 Å². The Morgan fingerprint density at radius 2 is 1.76 bits per heavy atom. The molecule has 230 valence electrons.